The van der Waals surface area contributed by atoms with Gasteiger partial charge in [0.05, 0.1) is 17.1 Å². The molecular formula is C21H16ClF3N4O3. The fourth-order valence-corrected chi connectivity index (χ4v) is 3.48. The van der Waals surface area contributed by atoms with Gasteiger partial charge in [0.1, 0.15) is 5.75 Å². The smallest absolute Gasteiger partial charge is 0.416 e. The number of para-hydroxylation sites is 1. The topological polar surface area (TPSA) is 71.1 Å². The predicted octanol–water partition coefficient (Wildman–Crippen LogP) is 3.95. The van der Waals surface area contributed by atoms with Gasteiger partial charge in [-0.1, -0.05) is 35.9 Å². The molecule has 0 aliphatic rings. The number of aryl methyl sites for hydroxylation is 1. The van der Waals surface area contributed by atoms with Gasteiger partial charge in [0, 0.05) is 14.1 Å². The van der Waals surface area contributed by atoms with Gasteiger partial charge in [0.25, 0.3) is 5.56 Å². The minimum atomic E-state index is -4.52. The van der Waals surface area contributed by atoms with E-state index in [2.05, 4.69) is 4.98 Å². The minimum absolute atomic E-state index is 0.00839. The second-order valence-electron chi connectivity index (χ2n) is 7.09. The Balaban J connectivity index is 1.94. The number of halogens is 4. The van der Waals surface area contributed by atoms with Gasteiger partial charge in [-0.3, -0.25) is 18.5 Å². The summed E-state index contributed by atoms with van der Waals surface area (Å²) in [4.78, 5) is 29.5. The van der Waals surface area contributed by atoms with E-state index in [1.165, 1.54) is 35.4 Å². The normalized spacial score (nSPS) is 11.8. The van der Waals surface area contributed by atoms with Crippen molar-refractivity contribution in [3.8, 4) is 11.8 Å². The van der Waals surface area contributed by atoms with Crippen molar-refractivity contribution in [1.82, 2.24) is 18.7 Å². The van der Waals surface area contributed by atoms with E-state index in [0.717, 1.165) is 16.7 Å². The zero-order valence-electron chi connectivity index (χ0n) is 16.9. The van der Waals surface area contributed by atoms with Crippen molar-refractivity contribution >= 4 is 22.8 Å². The van der Waals surface area contributed by atoms with Crippen LogP contribution in [0.2, 0.25) is 5.02 Å². The number of aromatic nitrogens is 4. The van der Waals surface area contributed by atoms with Crippen molar-refractivity contribution in [1.29, 1.82) is 0 Å². The highest BCUT2D eigenvalue weighted by atomic mass is 35.5. The molecule has 0 unspecified atom stereocenters. The van der Waals surface area contributed by atoms with Crippen LogP contribution in [-0.2, 0) is 26.8 Å². The molecule has 32 heavy (non-hydrogen) atoms. The number of hydrogen-bond acceptors (Lipinski definition) is 4. The number of benzene rings is 2. The SMILES string of the molecule is Cn1c(=O)c2c(nc(Oc3ccccc3Cl)n2Cc2cccc(C(F)(F)F)c2)n(C)c1=O. The van der Waals surface area contributed by atoms with E-state index >= 15 is 0 Å². The predicted molar refractivity (Wildman–Crippen MR) is 112 cm³/mol. The third-order valence-corrected chi connectivity index (χ3v) is 5.26. The lowest BCUT2D eigenvalue weighted by Gasteiger charge is -2.12. The first-order valence-electron chi connectivity index (χ1n) is 9.32. The van der Waals surface area contributed by atoms with Crippen LogP contribution in [-0.4, -0.2) is 18.7 Å². The van der Waals surface area contributed by atoms with Crippen molar-refractivity contribution in [2.24, 2.45) is 14.1 Å². The summed E-state index contributed by atoms with van der Waals surface area (Å²) >= 11 is 6.16. The van der Waals surface area contributed by atoms with Crippen LogP contribution in [0.1, 0.15) is 11.1 Å². The van der Waals surface area contributed by atoms with Crippen LogP contribution in [0.25, 0.3) is 11.2 Å². The number of nitrogens with zero attached hydrogens (tertiary/aromatic N) is 4. The van der Waals surface area contributed by atoms with Crippen molar-refractivity contribution in [2.45, 2.75) is 12.7 Å². The van der Waals surface area contributed by atoms with Crippen LogP contribution in [0.3, 0.4) is 0 Å². The molecule has 2 heterocycles. The van der Waals surface area contributed by atoms with Gasteiger partial charge in [-0.25, -0.2) is 4.79 Å². The Morgan fingerprint density at radius 2 is 1.75 bits per heavy atom. The maximum absolute atomic E-state index is 13.2. The van der Waals surface area contributed by atoms with Gasteiger partial charge >= 0.3 is 17.9 Å². The van der Waals surface area contributed by atoms with Crippen LogP contribution in [0.15, 0.2) is 58.1 Å². The Labute approximate surface area is 183 Å². The highest BCUT2D eigenvalue weighted by Gasteiger charge is 2.30. The molecule has 0 spiro atoms. The van der Waals surface area contributed by atoms with Crippen LogP contribution < -0.4 is 16.0 Å². The molecule has 0 saturated carbocycles. The Kier molecular flexibility index (Phi) is 5.33. The quantitative estimate of drug-likeness (QED) is 0.458. The van der Waals surface area contributed by atoms with Gasteiger partial charge in [-0.15, -0.1) is 0 Å². The third kappa shape index (κ3) is 3.77. The molecule has 0 N–H and O–H groups in total. The number of imidazole rings is 1. The number of rotatable bonds is 4. The molecule has 0 amide bonds. The van der Waals surface area contributed by atoms with E-state index < -0.39 is 23.0 Å². The fraction of sp³-hybridized carbons (Fsp3) is 0.190. The first kappa shape index (κ1) is 21.7. The molecule has 0 fully saturated rings. The Bertz CT molecular complexity index is 1450. The number of alkyl halides is 3. The Morgan fingerprint density at radius 1 is 1.03 bits per heavy atom. The first-order valence-corrected chi connectivity index (χ1v) is 9.70. The lowest BCUT2D eigenvalue weighted by molar-refractivity contribution is -0.137. The molecule has 166 valence electrons. The van der Waals surface area contributed by atoms with Crippen LogP contribution >= 0.6 is 11.6 Å². The van der Waals surface area contributed by atoms with Crippen molar-refractivity contribution in [3.05, 3.63) is 85.5 Å². The summed E-state index contributed by atoms with van der Waals surface area (Å²) in [6.45, 7) is -0.159. The molecule has 4 rings (SSSR count). The van der Waals surface area contributed by atoms with Gasteiger partial charge in [-0.2, -0.15) is 18.2 Å². The molecule has 0 saturated heterocycles. The highest BCUT2D eigenvalue weighted by Crippen LogP contribution is 2.32. The van der Waals surface area contributed by atoms with Gasteiger partial charge in [-0.05, 0) is 29.8 Å². The summed E-state index contributed by atoms with van der Waals surface area (Å²) in [6, 6.07) is 11.2. The maximum Gasteiger partial charge on any atom is 0.416 e. The van der Waals surface area contributed by atoms with E-state index in [1.807, 2.05) is 0 Å². The molecule has 4 aromatic rings. The molecule has 0 bridgehead atoms. The average Bonchev–Trinajstić information content (AvgIpc) is 3.10. The summed E-state index contributed by atoms with van der Waals surface area (Å²) in [5.41, 5.74) is -1.78. The molecule has 0 radical (unpaired) electrons. The largest absolute Gasteiger partial charge is 0.424 e. The monoisotopic (exact) mass is 464 g/mol. The summed E-state index contributed by atoms with van der Waals surface area (Å²) < 4.78 is 48.7. The number of ether oxygens (including phenoxy) is 1. The lowest BCUT2D eigenvalue weighted by atomic mass is 10.1. The highest BCUT2D eigenvalue weighted by molar-refractivity contribution is 6.32. The standard InChI is InChI=1S/C21H16ClF3N4O3/c1-27-17-16(18(30)28(2)20(27)31)29(11-12-6-5-7-13(10-12)21(23,24)25)19(26-17)32-15-9-4-3-8-14(15)22/h3-10H,11H2,1-2H3. The number of hydrogen-bond donors (Lipinski definition) is 0. The van der Waals surface area contributed by atoms with Crippen molar-refractivity contribution < 1.29 is 17.9 Å². The van der Waals surface area contributed by atoms with E-state index in [4.69, 9.17) is 16.3 Å². The molecule has 0 aliphatic heterocycles. The second kappa shape index (κ2) is 7.86. The molecule has 0 atom stereocenters. The number of fused-ring (bicyclic) bond motifs is 1. The van der Waals surface area contributed by atoms with E-state index in [0.29, 0.717) is 0 Å². The van der Waals surface area contributed by atoms with Crippen LogP contribution in [0, 0.1) is 0 Å². The molecule has 0 aliphatic carbocycles. The van der Waals surface area contributed by atoms with Crippen LogP contribution in [0.5, 0.6) is 11.8 Å². The van der Waals surface area contributed by atoms with Crippen molar-refractivity contribution in [3.63, 3.8) is 0 Å². The van der Waals surface area contributed by atoms with Gasteiger partial charge in [0.15, 0.2) is 11.2 Å². The molecule has 11 heteroatoms. The van der Waals surface area contributed by atoms with E-state index in [9.17, 15) is 22.8 Å². The van der Waals surface area contributed by atoms with E-state index in [-0.39, 0.29) is 40.1 Å². The first-order chi connectivity index (χ1) is 15.1. The Hall–Kier alpha value is -3.53. The molecule has 7 nitrogen and oxygen atoms in total. The third-order valence-electron chi connectivity index (χ3n) is 4.95. The molecular weight excluding hydrogens is 449 g/mol. The summed E-state index contributed by atoms with van der Waals surface area (Å²) in [6.07, 6.45) is -4.52. The lowest BCUT2D eigenvalue weighted by Crippen LogP contribution is -2.37. The zero-order chi connectivity index (χ0) is 23.2. The molecule has 2 aromatic heterocycles. The zero-order valence-corrected chi connectivity index (χ0v) is 17.6. The molecule has 2 aromatic carbocycles. The summed E-state index contributed by atoms with van der Waals surface area (Å²) in [5, 5.41) is 0.270. The van der Waals surface area contributed by atoms with Crippen molar-refractivity contribution in [2.75, 3.05) is 0 Å². The van der Waals surface area contributed by atoms with Gasteiger partial charge in [0.2, 0.25) is 0 Å². The fourth-order valence-electron chi connectivity index (χ4n) is 3.31. The average molecular weight is 465 g/mol. The second-order valence-corrected chi connectivity index (χ2v) is 7.50. The summed E-state index contributed by atoms with van der Waals surface area (Å²) in [5.74, 6) is 0.233. The van der Waals surface area contributed by atoms with Gasteiger partial charge < -0.3 is 4.74 Å². The van der Waals surface area contributed by atoms with Crippen LogP contribution in [0.4, 0.5) is 13.2 Å². The van der Waals surface area contributed by atoms with E-state index in [1.54, 1.807) is 24.3 Å². The maximum atomic E-state index is 13.2. The minimum Gasteiger partial charge on any atom is -0.424 e. The summed E-state index contributed by atoms with van der Waals surface area (Å²) in [7, 11) is 2.74. The Morgan fingerprint density at radius 3 is 2.44 bits per heavy atom.